The van der Waals surface area contributed by atoms with Gasteiger partial charge in [0, 0.05) is 22.9 Å². The first-order valence-corrected chi connectivity index (χ1v) is 14.1. The number of phenolic OH excluding ortho intramolecular Hbond substituents is 1. The van der Waals surface area contributed by atoms with Crippen molar-refractivity contribution in [2.24, 2.45) is 0 Å². The molecule has 0 saturated carbocycles. The van der Waals surface area contributed by atoms with Crippen LogP contribution in [0.3, 0.4) is 0 Å². The molecule has 4 aromatic rings. The van der Waals surface area contributed by atoms with E-state index in [4.69, 9.17) is 28.3 Å². The highest BCUT2D eigenvalue weighted by Gasteiger charge is 2.32. The lowest BCUT2D eigenvalue weighted by Gasteiger charge is -2.19. The normalized spacial score (nSPS) is 15.5. The second kappa shape index (κ2) is 12.3. The Morgan fingerprint density at radius 2 is 1.83 bits per heavy atom. The number of rotatable bonds is 8. The summed E-state index contributed by atoms with van der Waals surface area (Å²) in [6.07, 6.45) is 3.61. The number of carboxylic acids is 1. The number of aromatic nitrogens is 2. The van der Waals surface area contributed by atoms with E-state index in [1.807, 2.05) is 6.07 Å². The molecule has 1 unspecified atom stereocenters. The molecule has 1 heterocycles. The molecule has 7 nitrogen and oxygen atoms in total. The number of hydrogen-bond acceptors (Lipinski definition) is 4. The fraction of sp³-hybridized carbons (Fsp3) is 0.258. The summed E-state index contributed by atoms with van der Waals surface area (Å²) in [5.41, 5.74) is 3.66. The molecule has 10 heteroatoms. The summed E-state index contributed by atoms with van der Waals surface area (Å²) < 4.78 is 15.7. The van der Waals surface area contributed by atoms with E-state index in [0.29, 0.717) is 34.1 Å². The van der Waals surface area contributed by atoms with Crippen molar-refractivity contribution >= 4 is 35.1 Å². The maximum Gasteiger partial charge on any atom is 0.326 e. The zero-order valence-corrected chi connectivity index (χ0v) is 23.5. The highest BCUT2D eigenvalue weighted by Crippen LogP contribution is 2.38. The molecular formula is C31H28Cl2FN3O4. The van der Waals surface area contributed by atoms with Crippen molar-refractivity contribution in [3.63, 3.8) is 0 Å². The van der Waals surface area contributed by atoms with Gasteiger partial charge in [-0.2, -0.15) is 5.10 Å². The zero-order chi connectivity index (χ0) is 29.1. The van der Waals surface area contributed by atoms with Crippen molar-refractivity contribution in [1.29, 1.82) is 0 Å². The second-order valence-electron chi connectivity index (χ2n) is 10.2. The van der Waals surface area contributed by atoms with Gasteiger partial charge in [0.05, 0.1) is 16.4 Å². The van der Waals surface area contributed by atoms with Crippen LogP contribution < -0.4 is 5.32 Å². The number of nitrogens with one attached hydrogen (secondary N) is 1. The van der Waals surface area contributed by atoms with Crippen LogP contribution in [-0.2, 0) is 24.1 Å². The smallest absolute Gasteiger partial charge is 0.326 e. The van der Waals surface area contributed by atoms with Gasteiger partial charge >= 0.3 is 5.97 Å². The largest absolute Gasteiger partial charge is 0.508 e. The molecule has 2 atom stereocenters. The van der Waals surface area contributed by atoms with Crippen LogP contribution >= 0.6 is 23.2 Å². The number of fused-ring (bicyclic) bond motifs is 1. The Kier molecular flexibility index (Phi) is 8.61. The van der Waals surface area contributed by atoms with Gasteiger partial charge in [0.1, 0.15) is 17.6 Å². The summed E-state index contributed by atoms with van der Waals surface area (Å²) in [6.45, 7) is 0. The molecule has 3 N–H and O–H groups in total. The number of benzene rings is 3. The Labute approximate surface area is 246 Å². The monoisotopic (exact) mass is 595 g/mol. The van der Waals surface area contributed by atoms with Crippen LogP contribution in [0, 0.1) is 5.82 Å². The molecule has 0 aliphatic heterocycles. The third kappa shape index (κ3) is 6.55. The third-order valence-corrected chi connectivity index (χ3v) is 7.88. The fourth-order valence-corrected chi connectivity index (χ4v) is 5.91. The molecule has 0 bridgehead atoms. The van der Waals surface area contributed by atoms with Crippen molar-refractivity contribution in [2.75, 3.05) is 0 Å². The molecule has 3 aromatic carbocycles. The molecule has 0 fully saturated rings. The summed E-state index contributed by atoms with van der Waals surface area (Å²) in [5, 5.41) is 27.6. The average Bonchev–Trinajstić information content (AvgIpc) is 3.18. The molecule has 1 aromatic heterocycles. The first kappa shape index (κ1) is 28.6. The van der Waals surface area contributed by atoms with Crippen LogP contribution in [0.4, 0.5) is 4.39 Å². The number of carboxylic acid groups (broad SMARTS) is 1. The first-order valence-electron chi connectivity index (χ1n) is 13.3. The van der Waals surface area contributed by atoms with E-state index in [1.54, 1.807) is 41.1 Å². The maximum atomic E-state index is 14.0. The van der Waals surface area contributed by atoms with Crippen LogP contribution in [0.2, 0.25) is 10.0 Å². The zero-order valence-electron chi connectivity index (χ0n) is 22.0. The van der Waals surface area contributed by atoms with E-state index < -0.39 is 17.9 Å². The van der Waals surface area contributed by atoms with Gasteiger partial charge in [-0.1, -0.05) is 53.9 Å². The van der Waals surface area contributed by atoms with Crippen molar-refractivity contribution in [1.82, 2.24) is 15.1 Å². The molecular weight excluding hydrogens is 568 g/mol. The lowest BCUT2D eigenvalue weighted by Crippen LogP contribution is -2.42. The predicted molar refractivity (Wildman–Crippen MR) is 155 cm³/mol. The summed E-state index contributed by atoms with van der Waals surface area (Å²) in [5.74, 6) is -2.16. The molecule has 212 valence electrons. The van der Waals surface area contributed by atoms with Crippen LogP contribution in [0.1, 0.15) is 58.1 Å². The maximum absolute atomic E-state index is 14.0. The highest BCUT2D eigenvalue weighted by molar-refractivity contribution is 6.35. The van der Waals surface area contributed by atoms with E-state index in [2.05, 4.69) is 5.32 Å². The molecule has 5 rings (SSSR count). The molecule has 0 saturated heterocycles. The van der Waals surface area contributed by atoms with Gasteiger partial charge in [-0.25, -0.2) is 13.9 Å². The number of nitrogens with zero attached hydrogens (tertiary/aromatic N) is 2. The molecule has 0 radical (unpaired) electrons. The van der Waals surface area contributed by atoms with E-state index in [0.717, 1.165) is 36.1 Å². The average molecular weight is 596 g/mol. The molecule has 0 spiro atoms. The Balaban J connectivity index is 1.56. The number of aromatic hydroxyl groups is 1. The van der Waals surface area contributed by atoms with Crippen molar-refractivity contribution in [3.05, 3.63) is 111 Å². The molecule has 1 amide bonds. The Morgan fingerprint density at radius 1 is 1.05 bits per heavy atom. The number of carbonyl (C=O) groups is 2. The minimum Gasteiger partial charge on any atom is -0.508 e. The van der Waals surface area contributed by atoms with Gasteiger partial charge in [-0.3, -0.25) is 4.79 Å². The Hall–Kier alpha value is -3.88. The lowest BCUT2D eigenvalue weighted by atomic mass is 9.90. The summed E-state index contributed by atoms with van der Waals surface area (Å²) >= 11 is 12.8. The van der Waals surface area contributed by atoms with E-state index in [-0.39, 0.29) is 29.6 Å². The van der Waals surface area contributed by atoms with Crippen molar-refractivity contribution < 1.29 is 24.2 Å². The van der Waals surface area contributed by atoms with E-state index in [1.165, 1.54) is 24.3 Å². The Morgan fingerprint density at radius 3 is 2.54 bits per heavy atom. The highest BCUT2D eigenvalue weighted by atomic mass is 35.5. The molecule has 41 heavy (non-hydrogen) atoms. The quantitative estimate of drug-likeness (QED) is 0.202. The topological polar surface area (TPSA) is 104 Å². The number of phenols is 1. The molecule has 1 aliphatic carbocycles. The van der Waals surface area contributed by atoms with Crippen molar-refractivity contribution in [3.8, 4) is 11.4 Å². The number of hydrogen-bond donors (Lipinski definition) is 3. The predicted octanol–water partition coefficient (Wildman–Crippen LogP) is 6.50. The lowest BCUT2D eigenvalue weighted by molar-refractivity contribution is -0.139. The minimum absolute atomic E-state index is 0.0233. The van der Waals surface area contributed by atoms with Gasteiger partial charge in [-0.05, 0) is 79.3 Å². The fourth-order valence-electron chi connectivity index (χ4n) is 5.42. The summed E-state index contributed by atoms with van der Waals surface area (Å²) in [6, 6.07) is 16.4. The van der Waals surface area contributed by atoms with Crippen LogP contribution in [0.5, 0.6) is 5.75 Å². The first-order chi connectivity index (χ1) is 19.7. The van der Waals surface area contributed by atoms with Crippen LogP contribution in [0.25, 0.3) is 5.69 Å². The van der Waals surface area contributed by atoms with E-state index in [9.17, 15) is 24.2 Å². The third-order valence-electron chi connectivity index (χ3n) is 7.34. The van der Waals surface area contributed by atoms with Gasteiger partial charge in [0.25, 0.3) is 5.91 Å². The number of halogens is 3. The second-order valence-corrected chi connectivity index (χ2v) is 11.1. The van der Waals surface area contributed by atoms with Gasteiger partial charge in [-0.15, -0.1) is 0 Å². The van der Waals surface area contributed by atoms with Crippen LogP contribution in [0.15, 0.2) is 66.7 Å². The number of carbonyl (C=O) groups excluding carboxylic acids is 1. The molecule has 1 aliphatic rings. The van der Waals surface area contributed by atoms with E-state index >= 15 is 0 Å². The number of aliphatic carboxylic acids is 1. The van der Waals surface area contributed by atoms with Crippen molar-refractivity contribution in [2.45, 2.75) is 50.5 Å². The van der Waals surface area contributed by atoms with Gasteiger partial charge in [0.15, 0.2) is 5.69 Å². The van der Waals surface area contributed by atoms with Gasteiger partial charge in [0.2, 0.25) is 0 Å². The summed E-state index contributed by atoms with van der Waals surface area (Å²) in [7, 11) is 0. The Bertz CT molecular complexity index is 1590. The minimum atomic E-state index is -1.22. The number of amides is 1. The van der Waals surface area contributed by atoms with Crippen LogP contribution in [-0.4, -0.2) is 37.9 Å². The van der Waals surface area contributed by atoms with Gasteiger partial charge < -0.3 is 15.5 Å². The summed E-state index contributed by atoms with van der Waals surface area (Å²) in [4.78, 5) is 25.8. The standard InChI is InChI=1S/C31H28Cl2FN3O4/c32-21-10-13-27(25(33)17-21)37-29-20(14-19-4-3-6-22(34)15-19)5-1-2-7-24(29)28(36-37)30(39)35-26(31(40)41)16-18-8-11-23(38)12-9-18/h3-4,6,8-13,15,17,20,26,38H,1-2,5,7,14,16H2,(H,35,39)(H,40,41)/t20?,26-/m1/s1. The SMILES string of the molecule is O=C(N[C@H](Cc1ccc(O)cc1)C(=O)O)c1nn(-c2ccc(Cl)cc2Cl)c2c1CCCCC2Cc1cccc(F)c1.